The number of hydrogen-bond acceptors (Lipinski definition) is 1. The van der Waals surface area contributed by atoms with Crippen LogP contribution >= 0.6 is 11.6 Å². The molecule has 0 spiro atoms. The van der Waals surface area contributed by atoms with Gasteiger partial charge in [0.2, 0.25) is 5.69 Å². The Morgan fingerprint density at radius 2 is 1.96 bits per heavy atom. The van der Waals surface area contributed by atoms with Crippen LogP contribution in [0, 0.1) is 0 Å². The smallest absolute Gasteiger partial charge is 0.208 e. The number of halogens is 1. The number of benzene rings is 2. The summed E-state index contributed by atoms with van der Waals surface area (Å²) in [6.45, 7) is 9.11. The van der Waals surface area contributed by atoms with Crippen molar-refractivity contribution < 1.29 is 4.58 Å². The minimum Gasteiger partial charge on any atom is -0.347 e. The van der Waals surface area contributed by atoms with E-state index in [0.717, 1.165) is 11.4 Å². The molecule has 0 bridgehead atoms. The molecule has 2 aromatic rings. The van der Waals surface area contributed by atoms with Crippen molar-refractivity contribution in [2.24, 2.45) is 0 Å². The average Bonchev–Trinajstić information content (AvgIpc) is 2.99. The van der Waals surface area contributed by atoms with Crippen molar-refractivity contribution >= 4 is 29.2 Å². The Morgan fingerprint density at radius 3 is 2.73 bits per heavy atom. The second kappa shape index (κ2) is 5.99. The molecule has 2 aliphatic rings. The Balaban J connectivity index is 1.85. The summed E-state index contributed by atoms with van der Waals surface area (Å²) in [7, 11) is 2.16. The average molecular weight is 366 g/mol. The van der Waals surface area contributed by atoms with Crippen LogP contribution < -0.4 is 4.90 Å². The number of fused-ring (bicyclic) bond motifs is 2. The highest BCUT2D eigenvalue weighted by atomic mass is 35.5. The van der Waals surface area contributed by atoms with Gasteiger partial charge in [-0.1, -0.05) is 43.6 Å². The SMILES string of the molecule is CC(C=[N+]1c2ccccc2CC1C)=C1N(C)c2ccc(Cl)cc2C1(C)C. The monoisotopic (exact) mass is 365 g/mol. The minimum absolute atomic E-state index is 0.0714. The highest BCUT2D eigenvalue weighted by Crippen LogP contribution is 2.48. The minimum atomic E-state index is -0.0714. The molecule has 0 saturated carbocycles. The van der Waals surface area contributed by atoms with E-state index >= 15 is 0 Å². The van der Waals surface area contributed by atoms with Gasteiger partial charge in [0, 0.05) is 52.5 Å². The summed E-state index contributed by atoms with van der Waals surface area (Å²) in [4.78, 5) is 2.32. The Hall–Kier alpha value is -2.06. The van der Waals surface area contributed by atoms with Crippen molar-refractivity contribution in [2.75, 3.05) is 11.9 Å². The van der Waals surface area contributed by atoms with Gasteiger partial charge in [-0.15, -0.1) is 0 Å². The molecule has 4 rings (SSSR count). The van der Waals surface area contributed by atoms with E-state index in [4.69, 9.17) is 11.6 Å². The van der Waals surface area contributed by atoms with Crippen LogP contribution in [0.4, 0.5) is 11.4 Å². The second-order valence-corrected chi connectivity index (χ2v) is 8.53. The van der Waals surface area contributed by atoms with Gasteiger partial charge in [-0.25, -0.2) is 0 Å². The van der Waals surface area contributed by atoms with E-state index < -0.39 is 0 Å². The van der Waals surface area contributed by atoms with Gasteiger partial charge in [-0.05, 0) is 37.6 Å². The predicted octanol–water partition coefficient (Wildman–Crippen LogP) is 5.70. The third-order valence-electron chi connectivity index (χ3n) is 5.89. The Morgan fingerprint density at radius 1 is 1.23 bits per heavy atom. The molecule has 134 valence electrons. The van der Waals surface area contributed by atoms with Gasteiger partial charge in [0.05, 0.1) is 0 Å². The maximum absolute atomic E-state index is 6.29. The molecule has 1 unspecified atom stereocenters. The first-order valence-corrected chi connectivity index (χ1v) is 9.64. The van der Waals surface area contributed by atoms with Gasteiger partial charge in [0.1, 0.15) is 0 Å². The fraction of sp³-hybridized carbons (Fsp3) is 0.348. The van der Waals surface area contributed by atoms with Crippen molar-refractivity contribution in [3.05, 3.63) is 69.9 Å². The van der Waals surface area contributed by atoms with Crippen molar-refractivity contribution in [2.45, 2.75) is 45.6 Å². The maximum atomic E-state index is 6.29. The highest BCUT2D eigenvalue weighted by Gasteiger charge is 2.40. The van der Waals surface area contributed by atoms with E-state index in [1.165, 1.54) is 33.8 Å². The van der Waals surface area contributed by atoms with Gasteiger partial charge in [0.15, 0.2) is 12.3 Å². The molecule has 0 saturated heterocycles. The normalized spacial score (nSPS) is 24.0. The molecule has 0 amide bonds. The number of nitrogens with zero attached hydrogens (tertiary/aromatic N) is 2. The van der Waals surface area contributed by atoms with E-state index in [1.54, 1.807) is 0 Å². The first-order chi connectivity index (χ1) is 12.3. The first kappa shape index (κ1) is 17.4. The molecule has 0 radical (unpaired) electrons. The molecule has 0 fully saturated rings. The van der Waals surface area contributed by atoms with Crippen LogP contribution in [0.3, 0.4) is 0 Å². The third kappa shape index (κ3) is 2.51. The van der Waals surface area contributed by atoms with Crippen LogP contribution in [0.2, 0.25) is 5.02 Å². The lowest BCUT2D eigenvalue weighted by Gasteiger charge is -2.25. The molecule has 2 aromatic carbocycles. The summed E-state index contributed by atoms with van der Waals surface area (Å²) >= 11 is 6.29. The lowest BCUT2D eigenvalue weighted by atomic mass is 9.82. The predicted molar refractivity (Wildman–Crippen MR) is 111 cm³/mol. The summed E-state index contributed by atoms with van der Waals surface area (Å²) in [6, 6.07) is 15.4. The van der Waals surface area contributed by atoms with Crippen LogP contribution in [0.1, 0.15) is 38.8 Å². The quantitative estimate of drug-likeness (QED) is 0.587. The van der Waals surface area contributed by atoms with Gasteiger partial charge in [-0.2, -0.15) is 4.58 Å². The molecular formula is C23H26ClN2+. The second-order valence-electron chi connectivity index (χ2n) is 8.10. The molecule has 26 heavy (non-hydrogen) atoms. The van der Waals surface area contributed by atoms with Crippen molar-refractivity contribution in [1.29, 1.82) is 0 Å². The summed E-state index contributed by atoms with van der Waals surface area (Å²) in [5.74, 6) is 0. The van der Waals surface area contributed by atoms with E-state index in [1.807, 2.05) is 6.07 Å². The fourth-order valence-electron chi connectivity index (χ4n) is 4.78. The molecular weight excluding hydrogens is 340 g/mol. The number of anilines is 1. The summed E-state index contributed by atoms with van der Waals surface area (Å²) in [6.07, 6.45) is 3.43. The zero-order chi connectivity index (χ0) is 18.6. The van der Waals surface area contributed by atoms with E-state index in [-0.39, 0.29) is 5.41 Å². The highest BCUT2D eigenvalue weighted by molar-refractivity contribution is 6.30. The van der Waals surface area contributed by atoms with Crippen molar-refractivity contribution in [1.82, 2.24) is 0 Å². The molecule has 0 N–H and O–H groups in total. The van der Waals surface area contributed by atoms with Gasteiger partial charge >= 0.3 is 0 Å². The molecule has 2 heterocycles. The number of hydrogen-bond donors (Lipinski definition) is 0. The number of para-hydroxylation sites is 1. The topological polar surface area (TPSA) is 6.25 Å². The van der Waals surface area contributed by atoms with Gasteiger partial charge < -0.3 is 4.90 Å². The number of allylic oxidation sites excluding steroid dienone is 2. The van der Waals surface area contributed by atoms with E-state index in [2.05, 4.69) is 86.8 Å². The lowest BCUT2D eigenvalue weighted by molar-refractivity contribution is -0.463. The lowest BCUT2D eigenvalue weighted by Crippen LogP contribution is -2.26. The number of rotatable bonds is 1. The molecule has 2 aliphatic heterocycles. The van der Waals surface area contributed by atoms with Crippen LogP contribution in [-0.4, -0.2) is 23.9 Å². The van der Waals surface area contributed by atoms with Crippen LogP contribution in [0.15, 0.2) is 53.7 Å². The number of likely N-dealkylation sites (N-methyl/N-ethyl adjacent to an activating group) is 1. The molecule has 1 atom stereocenters. The summed E-state index contributed by atoms with van der Waals surface area (Å²) in [5.41, 5.74) is 7.88. The molecule has 3 heteroatoms. The Bertz CT molecular complexity index is 952. The third-order valence-corrected chi connectivity index (χ3v) is 6.12. The largest absolute Gasteiger partial charge is 0.347 e. The van der Waals surface area contributed by atoms with E-state index in [9.17, 15) is 0 Å². The zero-order valence-corrected chi connectivity index (χ0v) is 16.9. The summed E-state index contributed by atoms with van der Waals surface area (Å²) < 4.78 is 2.43. The molecule has 0 aliphatic carbocycles. The van der Waals surface area contributed by atoms with Crippen molar-refractivity contribution in [3.8, 4) is 0 Å². The van der Waals surface area contributed by atoms with Crippen LogP contribution in [-0.2, 0) is 11.8 Å². The molecule has 0 aromatic heterocycles. The Labute approximate surface area is 161 Å². The molecule has 2 nitrogen and oxygen atoms in total. The maximum Gasteiger partial charge on any atom is 0.208 e. The summed E-state index contributed by atoms with van der Waals surface area (Å²) in [5, 5.41) is 0.801. The zero-order valence-electron chi connectivity index (χ0n) is 16.2. The first-order valence-electron chi connectivity index (χ1n) is 9.27. The van der Waals surface area contributed by atoms with Crippen LogP contribution in [0.25, 0.3) is 0 Å². The fourth-order valence-corrected chi connectivity index (χ4v) is 4.95. The van der Waals surface area contributed by atoms with Crippen molar-refractivity contribution in [3.63, 3.8) is 0 Å². The van der Waals surface area contributed by atoms with Gasteiger partial charge in [-0.3, -0.25) is 0 Å². The van der Waals surface area contributed by atoms with Crippen LogP contribution in [0.5, 0.6) is 0 Å². The van der Waals surface area contributed by atoms with Gasteiger partial charge in [0.25, 0.3) is 0 Å². The Kier molecular flexibility index (Phi) is 4.00. The van der Waals surface area contributed by atoms with E-state index in [0.29, 0.717) is 6.04 Å². The standard InChI is InChI=1S/C23H26ClN2/c1-15(14-26-16(2)12-17-8-6-7-9-20(17)26)22-23(3,4)19-13-18(24)10-11-21(19)25(22)5/h6-11,13-14,16H,12H2,1-5H3/q+1.